The summed E-state index contributed by atoms with van der Waals surface area (Å²) in [6, 6.07) is 14.6. The average Bonchev–Trinajstić information content (AvgIpc) is 2.48. The van der Waals surface area contributed by atoms with Crippen LogP contribution in [0.15, 0.2) is 48.5 Å². The lowest BCUT2D eigenvalue weighted by Crippen LogP contribution is -2.18. The van der Waals surface area contributed by atoms with Crippen LogP contribution in [0.5, 0.6) is 5.75 Å². The molecule has 0 aliphatic carbocycles. The molecule has 108 valence electrons. The second-order valence-corrected chi connectivity index (χ2v) is 4.92. The summed E-state index contributed by atoms with van der Waals surface area (Å²) in [5, 5.41) is 2.83. The van der Waals surface area contributed by atoms with Gasteiger partial charge in [0.2, 0.25) is 5.91 Å². The molecule has 3 N–H and O–H groups in total. The number of benzene rings is 2. The van der Waals surface area contributed by atoms with Gasteiger partial charge in [0.25, 0.3) is 0 Å². The Kier molecular flexibility index (Phi) is 4.90. The van der Waals surface area contributed by atoms with Gasteiger partial charge in [0.1, 0.15) is 10.7 Å². The van der Waals surface area contributed by atoms with Gasteiger partial charge in [-0.2, -0.15) is 0 Å². The minimum absolute atomic E-state index is 0.121. The lowest BCUT2D eigenvalue weighted by Gasteiger charge is -2.10. The molecule has 4 nitrogen and oxygen atoms in total. The molecule has 0 spiro atoms. The van der Waals surface area contributed by atoms with Gasteiger partial charge in [-0.15, -0.1) is 0 Å². The third-order valence-electron chi connectivity index (χ3n) is 2.99. The summed E-state index contributed by atoms with van der Waals surface area (Å²) in [4.78, 5) is 12.3. The highest BCUT2D eigenvalue weighted by Gasteiger charge is 2.09. The van der Waals surface area contributed by atoms with E-state index >= 15 is 0 Å². The fraction of sp³-hybridized carbons (Fsp3) is 0.125. The molecule has 0 aliphatic heterocycles. The molecular weight excluding hydrogens is 284 g/mol. The first-order valence-corrected chi connectivity index (χ1v) is 6.82. The van der Waals surface area contributed by atoms with E-state index in [1.807, 2.05) is 36.4 Å². The van der Waals surface area contributed by atoms with Crippen molar-refractivity contribution in [3.05, 3.63) is 59.7 Å². The number of carbonyl (C=O) groups excluding carboxylic acids is 1. The third kappa shape index (κ3) is 4.03. The maximum Gasteiger partial charge on any atom is 0.228 e. The second-order valence-electron chi connectivity index (χ2n) is 4.48. The Morgan fingerprint density at radius 3 is 2.48 bits per heavy atom. The van der Waals surface area contributed by atoms with E-state index < -0.39 is 0 Å². The van der Waals surface area contributed by atoms with Gasteiger partial charge >= 0.3 is 0 Å². The zero-order valence-electron chi connectivity index (χ0n) is 11.6. The van der Waals surface area contributed by atoms with Crippen LogP contribution in [0.3, 0.4) is 0 Å². The minimum Gasteiger partial charge on any atom is -0.497 e. The molecule has 0 aromatic heterocycles. The summed E-state index contributed by atoms with van der Waals surface area (Å²) in [6.45, 7) is 0. The highest BCUT2D eigenvalue weighted by molar-refractivity contribution is 7.80. The number of hydrogen-bond acceptors (Lipinski definition) is 3. The van der Waals surface area contributed by atoms with Crippen LogP contribution in [0.1, 0.15) is 11.1 Å². The lowest BCUT2D eigenvalue weighted by atomic mass is 10.1. The summed E-state index contributed by atoms with van der Waals surface area (Å²) in [6.07, 6.45) is 0.273. The molecule has 0 atom stereocenters. The second kappa shape index (κ2) is 6.85. The number of amides is 1. The highest BCUT2D eigenvalue weighted by Crippen LogP contribution is 2.16. The van der Waals surface area contributed by atoms with Crippen molar-refractivity contribution in [1.29, 1.82) is 0 Å². The van der Waals surface area contributed by atoms with Gasteiger partial charge in [-0.1, -0.05) is 36.5 Å². The molecule has 5 heteroatoms. The monoisotopic (exact) mass is 300 g/mol. The van der Waals surface area contributed by atoms with Crippen molar-refractivity contribution in [3.63, 3.8) is 0 Å². The van der Waals surface area contributed by atoms with Crippen LogP contribution < -0.4 is 15.8 Å². The van der Waals surface area contributed by atoms with Crippen molar-refractivity contribution in [1.82, 2.24) is 0 Å². The maximum absolute atomic E-state index is 12.1. The van der Waals surface area contributed by atoms with Crippen LogP contribution in [-0.2, 0) is 11.2 Å². The smallest absolute Gasteiger partial charge is 0.228 e. The Balaban J connectivity index is 2.06. The summed E-state index contributed by atoms with van der Waals surface area (Å²) >= 11 is 4.97. The largest absolute Gasteiger partial charge is 0.497 e. The minimum atomic E-state index is -0.121. The standard InChI is InChI=1S/C16H16N2O2S/c1-20-12-8-6-11(7-9-12)10-15(19)18-14-5-3-2-4-13(14)16(17)21/h2-9H,10H2,1H3,(H2,17,21)(H,18,19). The molecule has 0 heterocycles. The highest BCUT2D eigenvalue weighted by atomic mass is 32.1. The summed E-state index contributed by atoms with van der Waals surface area (Å²) in [5.74, 6) is 0.641. The average molecular weight is 300 g/mol. The van der Waals surface area contributed by atoms with Gasteiger partial charge < -0.3 is 15.8 Å². The van der Waals surface area contributed by atoms with Crippen LogP contribution >= 0.6 is 12.2 Å². The Labute approximate surface area is 128 Å². The number of thiocarbonyl (C=S) groups is 1. The molecule has 1 amide bonds. The van der Waals surface area contributed by atoms with Gasteiger partial charge in [-0.25, -0.2) is 0 Å². The number of nitrogens with two attached hydrogens (primary N) is 1. The summed E-state index contributed by atoms with van der Waals surface area (Å²) in [7, 11) is 1.61. The van der Waals surface area contributed by atoms with Gasteiger partial charge in [-0.3, -0.25) is 4.79 Å². The fourth-order valence-corrected chi connectivity index (χ4v) is 2.11. The molecule has 0 saturated heterocycles. The van der Waals surface area contributed by atoms with E-state index in [0.717, 1.165) is 11.3 Å². The molecule has 0 fully saturated rings. The zero-order chi connectivity index (χ0) is 15.2. The molecule has 0 saturated carbocycles. The van der Waals surface area contributed by atoms with Gasteiger partial charge in [0, 0.05) is 5.56 Å². The van der Waals surface area contributed by atoms with Gasteiger partial charge in [-0.05, 0) is 29.8 Å². The molecule has 0 radical (unpaired) electrons. The molecule has 0 aliphatic rings. The maximum atomic E-state index is 12.1. The molecular formula is C16H16N2O2S. The SMILES string of the molecule is COc1ccc(CC(=O)Nc2ccccc2C(N)=S)cc1. The van der Waals surface area contributed by atoms with Crippen molar-refractivity contribution in [2.75, 3.05) is 12.4 Å². The number of para-hydroxylation sites is 1. The topological polar surface area (TPSA) is 64.3 Å². The predicted octanol–water partition coefficient (Wildman–Crippen LogP) is 2.51. The van der Waals surface area contributed by atoms with Gasteiger partial charge in [0.15, 0.2) is 0 Å². The van der Waals surface area contributed by atoms with Crippen molar-refractivity contribution in [2.24, 2.45) is 5.73 Å². The molecule has 0 unspecified atom stereocenters. The number of methoxy groups -OCH3 is 1. The van der Waals surface area contributed by atoms with E-state index in [1.54, 1.807) is 19.2 Å². The van der Waals surface area contributed by atoms with E-state index in [9.17, 15) is 4.79 Å². The van der Waals surface area contributed by atoms with Crippen LogP contribution in [0.4, 0.5) is 5.69 Å². The number of anilines is 1. The molecule has 2 aromatic carbocycles. The van der Waals surface area contributed by atoms with E-state index in [0.29, 0.717) is 11.3 Å². The van der Waals surface area contributed by atoms with Crippen molar-refractivity contribution < 1.29 is 9.53 Å². The Bertz CT molecular complexity index is 654. The van der Waals surface area contributed by atoms with Crippen molar-refractivity contribution >= 4 is 28.8 Å². The number of carbonyl (C=O) groups is 1. The first kappa shape index (κ1) is 15.0. The Hall–Kier alpha value is -2.40. The summed E-state index contributed by atoms with van der Waals surface area (Å²) < 4.78 is 5.08. The normalized spacial score (nSPS) is 9.95. The Morgan fingerprint density at radius 2 is 1.86 bits per heavy atom. The summed E-state index contributed by atoms with van der Waals surface area (Å²) in [5.41, 5.74) is 7.84. The van der Waals surface area contributed by atoms with E-state index in [1.165, 1.54) is 0 Å². The van der Waals surface area contributed by atoms with Crippen LogP contribution in [0.25, 0.3) is 0 Å². The predicted molar refractivity (Wildman–Crippen MR) is 87.7 cm³/mol. The van der Waals surface area contributed by atoms with Crippen LogP contribution in [0, 0.1) is 0 Å². The molecule has 2 aromatic rings. The quantitative estimate of drug-likeness (QED) is 0.833. The van der Waals surface area contributed by atoms with E-state index in [-0.39, 0.29) is 17.3 Å². The lowest BCUT2D eigenvalue weighted by molar-refractivity contribution is -0.115. The number of hydrogen-bond donors (Lipinski definition) is 2. The molecule has 2 rings (SSSR count). The number of rotatable bonds is 5. The van der Waals surface area contributed by atoms with Crippen LogP contribution in [-0.4, -0.2) is 18.0 Å². The van der Waals surface area contributed by atoms with Crippen LogP contribution in [0.2, 0.25) is 0 Å². The molecule has 21 heavy (non-hydrogen) atoms. The number of nitrogens with one attached hydrogen (secondary N) is 1. The van der Waals surface area contributed by atoms with E-state index in [2.05, 4.69) is 5.32 Å². The van der Waals surface area contributed by atoms with Crippen molar-refractivity contribution in [3.8, 4) is 5.75 Å². The van der Waals surface area contributed by atoms with Gasteiger partial charge in [0.05, 0.1) is 19.2 Å². The molecule has 0 bridgehead atoms. The van der Waals surface area contributed by atoms with E-state index in [4.69, 9.17) is 22.7 Å². The first-order valence-electron chi connectivity index (χ1n) is 6.42. The fourth-order valence-electron chi connectivity index (χ4n) is 1.93. The number of ether oxygens (including phenoxy) is 1. The Morgan fingerprint density at radius 1 is 1.19 bits per heavy atom. The van der Waals surface area contributed by atoms with Crippen molar-refractivity contribution in [2.45, 2.75) is 6.42 Å². The first-order chi connectivity index (χ1) is 10.1. The zero-order valence-corrected chi connectivity index (χ0v) is 12.4. The third-order valence-corrected chi connectivity index (χ3v) is 3.21.